The fourth-order valence-electron chi connectivity index (χ4n) is 3.08. The highest BCUT2D eigenvalue weighted by Gasteiger charge is 2.52. The van der Waals surface area contributed by atoms with Crippen molar-refractivity contribution in [2.75, 3.05) is 0 Å². The van der Waals surface area contributed by atoms with Gasteiger partial charge >= 0.3 is 0 Å². The lowest BCUT2D eigenvalue weighted by atomic mass is 10.0. The van der Waals surface area contributed by atoms with Crippen LogP contribution in [0.3, 0.4) is 0 Å². The van der Waals surface area contributed by atoms with E-state index in [0.717, 1.165) is 5.92 Å². The Kier molecular flexibility index (Phi) is 6.98. The lowest BCUT2D eigenvalue weighted by Crippen LogP contribution is -2.48. The van der Waals surface area contributed by atoms with Gasteiger partial charge in [-0.2, -0.15) is 11.1 Å². The van der Waals surface area contributed by atoms with E-state index in [1.54, 1.807) is 0 Å². The smallest absolute Gasteiger partial charge is 0.166 e. The Hall–Kier alpha value is 0.507. The highest BCUT2D eigenvalue weighted by Crippen LogP contribution is 2.57. The summed E-state index contributed by atoms with van der Waals surface area (Å²) in [5, 5.41) is 0.541. The van der Waals surface area contributed by atoms with Crippen molar-refractivity contribution in [1.82, 2.24) is 0 Å². The maximum Gasteiger partial charge on any atom is 0.167 e. The van der Waals surface area contributed by atoms with Gasteiger partial charge in [-0.1, -0.05) is 81.1 Å². The molecule has 0 N–H and O–H groups in total. The molecule has 0 saturated heterocycles. The van der Waals surface area contributed by atoms with Crippen molar-refractivity contribution in [2.24, 2.45) is 5.92 Å². The molecule has 0 aliphatic heterocycles. The molecule has 0 aliphatic rings. The van der Waals surface area contributed by atoms with Crippen LogP contribution < -0.4 is 0 Å². The zero-order chi connectivity index (χ0) is 14.6. The largest absolute Gasteiger partial charge is 0.167 e. The van der Waals surface area contributed by atoms with E-state index in [4.69, 9.17) is 11.1 Å². The maximum atomic E-state index is 7.28. The van der Waals surface area contributed by atoms with Crippen molar-refractivity contribution < 1.29 is 0 Å². The van der Waals surface area contributed by atoms with Crippen LogP contribution in [-0.2, 0) is 0 Å². The van der Waals surface area contributed by atoms with Crippen LogP contribution in [0.5, 0.6) is 0 Å². The molecule has 1 unspecified atom stereocenters. The minimum Gasteiger partial charge on any atom is -0.166 e. The Morgan fingerprint density at radius 2 is 1.39 bits per heavy atom. The minimum absolute atomic E-state index is 0.270. The van der Waals surface area contributed by atoms with Gasteiger partial charge in [-0.25, -0.2) is 0 Å². The summed E-state index contributed by atoms with van der Waals surface area (Å²) in [5.41, 5.74) is 0. The van der Waals surface area contributed by atoms with Gasteiger partial charge in [0.25, 0.3) is 0 Å². The molecule has 0 saturated carbocycles. The van der Waals surface area contributed by atoms with Crippen LogP contribution in [0.2, 0.25) is 16.1 Å². The molecular weight excluding hydrogens is 256 g/mol. The molecule has 1 atom stereocenters. The summed E-state index contributed by atoms with van der Waals surface area (Å²) in [6.07, 6.45) is 5.31. The highest BCUT2D eigenvalue weighted by molar-refractivity contribution is 7.23. The van der Waals surface area contributed by atoms with Crippen LogP contribution in [0.4, 0.5) is 0 Å². The fraction of sp³-hybridized carbons (Fsp3) is 1.00. The monoisotopic (exact) mass is 290 g/mol. The number of hydrogen-bond donors (Lipinski definition) is 0. The lowest BCUT2D eigenvalue weighted by Gasteiger charge is -2.48. The standard InChI is InChI=1S/C16H35ClSi/c1-9-11-12-14(10-2)13-18(17,15(3,4)5)16(6,7)8/h14H,9-13H2,1-8H3. The Balaban J connectivity index is 5.01. The number of halogens is 1. The molecule has 0 amide bonds. The summed E-state index contributed by atoms with van der Waals surface area (Å²) >= 11 is 7.28. The second-order valence-corrected chi connectivity index (χ2v) is 14.9. The van der Waals surface area contributed by atoms with Crippen LogP contribution in [0, 0.1) is 5.92 Å². The van der Waals surface area contributed by atoms with E-state index in [9.17, 15) is 0 Å². The summed E-state index contributed by atoms with van der Waals surface area (Å²) < 4.78 is 0. The summed E-state index contributed by atoms with van der Waals surface area (Å²) in [7, 11) is -1.81. The summed E-state index contributed by atoms with van der Waals surface area (Å²) in [4.78, 5) is 0. The highest BCUT2D eigenvalue weighted by atomic mass is 35.6. The molecule has 0 nitrogen and oxygen atoms in total. The van der Waals surface area contributed by atoms with E-state index in [1.165, 1.54) is 31.7 Å². The molecule has 18 heavy (non-hydrogen) atoms. The Morgan fingerprint density at radius 3 is 1.67 bits per heavy atom. The first-order chi connectivity index (χ1) is 7.99. The lowest BCUT2D eigenvalue weighted by molar-refractivity contribution is 0.471. The van der Waals surface area contributed by atoms with Crippen LogP contribution >= 0.6 is 11.1 Å². The second-order valence-electron chi connectivity index (χ2n) is 7.92. The zero-order valence-corrected chi connectivity index (χ0v) is 15.7. The third-order valence-corrected chi connectivity index (χ3v) is 14.3. The normalized spacial score (nSPS) is 15.8. The van der Waals surface area contributed by atoms with Gasteiger partial charge in [0.15, 0.2) is 7.38 Å². The third kappa shape index (κ3) is 4.56. The first-order valence-corrected chi connectivity index (χ1v) is 10.9. The van der Waals surface area contributed by atoms with Crippen molar-refractivity contribution in [3.63, 3.8) is 0 Å². The van der Waals surface area contributed by atoms with E-state index in [2.05, 4.69) is 55.4 Å². The molecule has 0 spiro atoms. The summed E-state index contributed by atoms with van der Waals surface area (Å²) in [6.45, 7) is 18.7. The topological polar surface area (TPSA) is 0 Å². The minimum atomic E-state index is -1.81. The Morgan fingerprint density at radius 1 is 0.944 bits per heavy atom. The van der Waals surface area contributed by atoms with Gasteiger partial charge in [-0.3, -0.25) is 0 Å². The van der Waals surface area contributed by atoms with E-state index in [0.29, 0.717) is 0 Å². The molecule has 0 bridgehead atoms. The molecule has 0 aromatic carbocycles. The molecular formula is C16H35ClSi. The van der Waals surface area contributed by atoms with Gasteiger partial charge in [0.05, 0.1) is 0 Å². The Labute approximate surface area is 122 Å². The van der Waals surface area contributed by atoms with E-state index < -0.39 is 7.38 Å². The molecule has 110 valence electrons. The van der Waals surface area contributed by atoms with Crippen LogP contribution in [0.25, 0.3) is 0 Å². The van der Waals surface area contributed by atoms with Gasteiger partial charge in [0.1, 0.15) is 0 Å². The third-order valence-electron chi connectivity index (χ3n) is 4.49. The zero-order valence-electron chi connectivity index (χ0n) is 14.0. The quantitative estimate of drug-likeness (QED) is 0.365. The van der Waals surface area contributed by atoms with Gasteiger partial charge < -0.3 is 0 Å². The second kappa shape index (κ2) is 6.79. The van der Waals surface area contributed by atoms with Crippen molar-refractivity contribution >= 4 is 18.5 Å². The van der Waals surface area contributed by atoms with Crippen LogP contribution in [0.15, 0.2) is 0 Å². The molecule has 2 heteroatoms. The molecule has 0 fully saturated rings. The fourth-order valence-corrected chi connectivity index (χ4v) is 8.50. The first-order valence-electron chi connectivity index (χ1n) is 7.68. The first kappa shape index (κ1) is 18.5. The van der Waals surface area contributed by atoms with E-state index in [1.807, 2.05) is 0 Å². The van der Waals surface area contributed by atoms with Gasteiger partial charge in [-0.15, -0.1) is 0 Å². The molecule has 0 radical (unpaired) electrons. The van der Waals surface area contributed by atoms with E-state index in [-0.39, 0.29) is 10.1 Å². The van der Waals surface area contributed by atoms with Crippen molar-refractivity contribution in [3.8, 4) is 0 Å². The van der Waals surface area contributed by atoms with Gasteiger partial charge in [-0.05, 0) is 22.0 Å². The maximum absolute atomic E-state index is 7.28. The SMILES string of the molecule is CCCCC(CC)C[Si](Cl)(C(C)(C)C)C(C)(C)C. The Bertz CT molecular complexity index is 220. The van der Waals surface area contributed by atoms with Crippen molar-refractivity contribution in [2.45, 2.75) is 97.2 Å². The number of hydrogen-bond acceptors (Lipinski definition) is 0. The van der Waals surface area contributed by atoms with Crippen LogP contribution in [-0.4, -0.2) is 7.38 Å². The van der Waals surface area contributed by atoms with Gasteiger partial charge in [0, 0.05) is 0 Å². The van der Waals surface area contributed by atoms with Crippen molar-refractivity contribution in [1.29, 1.82) is 0 Å². The average Bonchev–Trinajstić information content (AvgIpc) is 2.20. The van der Waals surface area contributed by atoms with Gasteiger partial charge in [0.2, 0.25) is 0 Å². The predicted octanol–water partition coefficient (Wildman–Crippen LogP) is 6.99. The summed E-state index contributed by atoms with van der Waals surface area (Å²) in [6, 6.07) is 1.28. The molecule has 0 aromatic heterocycles. The average molecular weight is 291 g/mol. The molecule has 0 rings (SSSR count). The number of rotatable bonds is 6. The predicted molar refractivity (Wildman–Crippen MR) is 89.2 cm³/mol. The van der Waals surface area contributed by atoms with E-state index >= 15 is 0 Å². The number of unbranched alkanes of at least 4 members (excludes halogenated alkanes) is 1. The molecule has 0 aromatic rings. The van der Waals surface area contributed by atoms with Crippen molar-refractivity contribution in [3.05, 3.63) is 0 Å². The summed E-state index contributed by atoms with van der Waals surface area (Å²) in [5.74, 6) is 0.826. The molecule has 0 aliphatic carbocycles. The molecule has 0 heterocycles. The van der Waals surface area contributed by atoms with Crippen LogP contribution in [0.1, 0.15) is 81.1 Å².